The fourth-order valence-electron chi connectivity index (χ4n) is 9.79. The first-order valence-electron chi connectivity index (χ1n) is 20.5. The minimum absolute atomic E-state index is 0.162. The van der Waals surface area contributed by atoms with Crippen LogP contribution < -0.4 is 0 Å². The number of aromatic hydroxyl groups is 3. The largest absolute Gasteiger partial charge is 0.507 e. The second-order valence-electron chi connectivity index (χ2n) is 19.5. The topological polar surface area (TPSA) is 70.4 Å². The molecule has 6 nitrogen and oxygen atoms in total. The molecule has 4 rings (SSSR count). The van der Waals surface area contributed by atoms with Gasteiger partial charge in [0, 0.05) is 36.3 Å². The summed E-state index contributed by atoms with van der Waals surface area (Å²) < 4.78 is 0. The number of nitrogens with zero attached hydrogens (tertiary/aromatic N) is 3. The normalized spacial score (nSPS) is 15.4. The summed E-state index contributed by atoms with van der Waals surface area (Å²) in [5.41, 5.74) is 16.9. The maximum absolute atomic E-state index is 11.7. The molecule has 3 aromatic carbocycles. The number of rotatable bonds is 9. The number of phenolic OH excluding ortho intramolecular Hbond substituents is 3. The Hall–Kier alpha value is -3.06. The van der Waals surface area contributed by atoms with E-state index in [4.69, 9.17) is 0 Å². The predicted molar refractivity (Wildman–Crippen MR) is 228 cm³/mol. The Kier molecular flexibility index (Phi) is 12.8. The van der Waals surface area contributed by atoms with Crippen LogP contribution in [0.2, 0.25) is 0 Å². The quantitative estimate of drug-likeness (QED) is 0.203. The van der Waals surface area contributed by atoms with Crippen LogP contribution in [0.25, 0.3) is 0 Å². The summed E-state index contributed by atoms with van der Waals surface area (Å²) in [5, 5.41) is 35.2. The average Bonchev–Trinajstić information content (AvgIpc) is 3.06. The van der Waals surface area contributed by atoms with Gasteiger partial charge in [-0.25, -0.2) is 0 Å². The van der Waals surface area contributed by atoms with Gasteiger partial charge in [0.15, 0.2) is 0 Å². The van der Waals surface area contributed by atoms with Crippen LogP contribution in [0.15, 0.2) is 0 Å². The molecule has 0 spiro atoms. The van der Waals surface area contributed by atoms with Crippen LogP contribution in [0, 0.1) is 41.5 Å². The Morgan fingerprint density at radius 3 is 0.741 bits per heavy atom. The lowest BCUT2D eigenvalue weighted by Gasteiger charge is -2.44. The van der Waals surface area contributed by atoms with Crippen molar-refractivity contribution in [3.8, 4) is 17.2 Å². The zero-order chi connectivity index (χ0) is 41.0. The zero-order valence-electron chi connectivity index (χ0n) is 37.5. The summed E-state index contributed by atoms with van der Waals surface area (Å²) in [4.78, 5) is 7.54. The van der Waals surface area contributed by atoms with E-state index in [0.717, 1.165) is 72.6 Å². The lowest BCUT2D eigenvalue weighted by Crippen LogP contribution is -2.54. The number of benzene rings is 3. The van der Waals surface area contributed by atoms with Gasteiger partial charge >= 0.3 is 0 Å². The lowest BCUT2D eigenvalue weighted by atomic mass is 9.77. The Labute approximate surface area is 329 Å². The molecule has 6 heteroatoms. The second-order valence-corrected chi connectivity index (χ2v) is 19.5. The van der Waals surface area contributed by atoms with E-state index in [-0.39, 0.29) is 16.2 Å². The summed E-state index contributed by atoms with van der Waals surface area (Å²) in [7, 11) is 0. The molecular formula is C48H75N3O3. The van der Waals surface area contributed by atoms with Gasteiger partial charge in [0.25, 0.3) is 0 Å². The first kappa shape index (κ1) is 43.7. The maximum atomic E-state index is 11.7. The van der Waals surface area contributed by atoms with Gasteiger partial charge in [0.05, 0.1) is 20.0 Å². The van der Waals surface area contributed by atoms with Crippen molar-refractivity contribution in [3.05, 3.63) is 83.5 Å². The number of hydrogen-bond donors (Lipinski definition) is 3. The molecule has 0 radical (unpaired) electrons. The van der Waals surface area contributed by atoms with E-state index in [9.17, 15) is 15.3 Å². The first-order chi connectivity index (χ1) is 24.8. The van der Waals surface area contributed by atoms with E-state index >= 15 is 0 Å². The van der Waals surface area contributed by atoms with Crippen LogP contribution in [0.1, 0.15) is 167 Å². The molecule has 54 heavy (non-hydrogen) atoms. The third-order valence-electron chi connectivity index (χ3n) is 12.4. The second kappa shape index (κ2) is 15.8. The van der Waals surface area contributed by atoms with Gasteiger partial charge < -0.3 is 15.3 Å². The summed E-state index contributed by atoms with van der Waals surface area (Å²) in [6.07, 6.45) is 2.61. The summed E-state index contributed by atoms with van der Waals surface area (Å²) in [5.74, 6) is 1.31. The third-order valence-corrected chi connectivity index (χ3v) is 12.4. The molecule has 0 bridgehead atoms. The highest BCUT2D eigenvalue weighted by Gasteiger charge is 2.33. The third kappa shape index (κ3) is 8.22. The molecule has 1 fully saturated rings. The van der Waals surface area contributed by atoms with Gasteiger partial charge in [0.2, 0.25) is 0 Å². The predicted octanol–water partition coefficient (Wildman–Crippen LogP) is 10.9. The number of hydrogen-bond acceptors (Lipinski definition) is 6. The van der Waals surface area contributed by atoms with Gasteiger partial charge in [-0.2, -0.15) is 0 Å². The molecule has 3 N–H and O–H groups in total. The monoisotopic (exact) mass is 742 g/mol. The SMILES string of the molecule is CCc1c(C)c(CN2CN(Cc3c(C)c(O)c(C(C)(C)C)c(CC)c3C)CN(Cc3c(C)c(O)c(C(C)(C)C)c(CC)c3C)C2)c(C)c(O)c1C(C)(C)C. The molecule has 0 aromatic heterocycles. The minimum Gasteiger partial charge on any atom is -0.507 e. The smallest absolute Gasteiger partial charge is 0.122 e. The van der Waals surface area contributed by atoms with Gasteiger partial charge in [-0.1, -0.05) is 83.1 Å². The standard InChI is InChI=1S/C48H75N3O3/c1-19-34-28(4)37(31(7)43(52)40(34)46(10,11)12)22-49-25-50(23-38-29(5)35(20-2)41(47(13,14)15)44(53)32(38)8)27-51(26-49)24-39-30(6)36(21-3)42(48(16,17)18)45(54)33(39)9/h52-54H,19-27H2,1-18H3. The molecule has 0 aliphatic carbocycles. The van der Waals surface area contributed by atoms with E-state index in [1.807, 2.05) is 0 Å². The zero-order valence-corrected chi connectivity index (χ0v) is 37.5. The van der Waals surface area contributed by atoms with Crippen LogP contribution in [-0.2, 0) is 55.1 Å². The van der Waals surface area contributed by atoms with E-state index in [0.29, 0.717) is 36.9 Å². The molecular weight excluding hydrogens is 667 g/mol. The molecule has 0 amide bonds. The fourth-order valence-corrected chi connectivity index (χ4v) is 9.79. The maximum Gasteiger partial charge on any atom is 0.122 e. The van der Waals surface area contributed by atoms with Crippen molar-refractivity contribution < 1.29 is 15.3 Å². The Balaban J connectivity index is 1.86. The first-order valence-corrected chi connectivity index (χ1v) is 20.5. The highest BCUT2D eigenvalue weighted by Crippen LogP contribution is 2.44. The summed E-state index contributed by atoms with van der Waals surface area (Å²) >= 11 is 0. The molecule has 1 aliphatic heterocycles. The molecule has 3 aromatic rings. The van der Waals surface area contributed by atoms with Crippen molar-refractivity contribution >= 4 is 0 Å². The molecule has 0 atom stereocenters. The molecule has 1 heterocycles. The van der Waals surface area contributed by atoms with Crippen molar-refractivity contribution in [2.45, 2.75) is 180 Å². The molecule has 1 aliphatic rings. The highest BCUT2D eigenvalue weighted by atomic mass is 16.3. The van der Waals surface area contributed by atoms with Crippen LogP contribution in [0.5, 0.6) is 17.2 Å². The van der Waals surface area contributed by atoms with E-state index in [1.54, 1.807) is 0 Å². The van der Waals surface area contributed by atoms with Crippen molar-refractivity contribution in [2.24, 2.45) is 0 Å². The van der Waals surface area contributed by atoms with Crippen LogP contribution >= 0.6 is 0 Å². The van der Waals surface area contributed by atoms with Crippen LogP contribution in [0.4, 0.5) is 0 Å². The van der Waals surface area contributed by atoms with Gasteiger partial charge in [0.1, 0.15) is 17.2 Å². The van der Waals surface area contributed by atoms with E-state index in [2.05, 4.69) is 139 Å². The highest BCUT2D eigenvalue weighted by molar-refractivity contribution is 5.59. The van der Waals surface area contributed by atoms with E-state index < -0.39 is 0 Å². The summed E-state index contributed by atoms with van der Waals surface area (Å²) in [6, 6.07) is 0. The Morgan fingerprint density at radius 1 is 0.370 bits per heavy atom. The molecule has 0 saturated carbocycles. The number of phenols is 3. The van der Waals surface area contributed by atoms with E-state index in [1.165, 1.54) is 50.1 Å². The Bertz CT molecular complexity index is 1660. The van der Waals surface area contributed by atoms with Crippen LogP contribution in [-0.4, -0.2) is 50.0 Å². The van der Waals surface area contributed by atoms with Gasteiger partial charge in [-0.05, 0) is 144 Å². The minimum atomic E-state index is -0.162. The molecule has 0 unspecified atom stereocenters. The lowest BCUT2D eigenvalue weighted by molar-refractivity contribution is -0.0427. The van der Waals surface area contributed by atoms with Gasteiger partial charge in [-0.3, -0.25) is 14.7 Å². The fraction of sp³-hybridized carbons (Fsp3) is 0.625. The van der Waals surface area contributed by atoms with Crippen LogP contribution in [0.3, 0.4) is 0 Å². The van der Waals surface area contributed by atoms with Gasteiger partial charge in [-0.15, -0.1) is 0 Å². The molecule has 1 saturated heterocycles. The average molecular weight is 742 g/mol. The van der Waals surface area contributed by atoms with Crippen molar-refractivity contribution in [2.75, 3.05) is 20.0 Å². The van der Waals surface area contributed by atoms with Crippen molar-refractivity contribution in [3.63, 3.8) is 0 Å². The Morgan fingerprint density at radius 2 is 0.574 bits per heavy atom. The van der Waals surface area contributed by atoms with Crippen molar-refractivity contribution in [1.82, 2.24) is 14.7 Å². The summed E-state index contributed by atoms with van der Waals surface area (Å²) in [6.45, 7) is 43.8. The van der Waals surface area contributed by atoms with Crippen molar-refractivity contribution in [1.29, 1.82) is 0 Å². The molecule has 300 valence electrons.